The first-order valence-electron chi connectivity index (χ1n) is 12.6. The van der Waals surface area contributed by atoms with Crippen molar-refractivity contribution < 1.29 is 9.53 Å². The predicted octanol–water partition coefficient (Wildman–Crippen LogP) is 6.56. The molecule has 0 radical (unpaired) electrons. The van der Waals surface area contributed by atoms with Crippen molar-refractivity contribution in [2.45, 2.75) is 105 Å². The van der Waals surface area contributed by atoms with Gasteiger partial charge in [-0.25, -0.2) is 4.79 Å². The number of carbonyl (C=O) groups excluding carboxylic acids is 1. The van der Waals surface area contributed by atoms with Crippen molar-refractivity contribution in [2.24, 2.45) is 17.6 Å². The molecule has 4 heteroatoms. The highest BCUT2D eigenvalue weighted by molar-refractivity contribution is 5.88. The van der Waals surface area contributed by atoms with Crippen LogP contribution < -0.4 is 5.73 Å². The van der Waals surface area contributed by atoms with Gasteiger partial charge in [0.25, 0.3) is 0 Å². The minimum absolute atomic E-state index is 0.296. The van der Waals surface area contributed by atoms with Gasteiger partial charge in [0.1, 0.15) is 5.70 Å². The zero-order valence-corrected chi connectivity index (χ0v) is 20.5. The Morgan fingerprint density at radius 3 is 2.03 bits per heavy atom. The fourth-order valence-corrected chi connectivity index (χ4v) is 4.37. The Morgan fingerprint density at radius 1 is 1.00 bits per heavy atom. The summed E-state index contributed by atoms with van der Waals surface area (Å²) in [5.41, 5.74) is 8.79. The van der Waals surface area contributed by atoms with Gasteiger partial charge in [0, 0.05) is 18.8 Å². The quantitative estimate of drug-likeness (QED) is 0.241. The van der Waals surface area contributed by atoms with Crippen molar-refractivity contribution in [3.8, 4) is 0 Å². The van der Waals surface area contributed by atoms with Crippen molar-refractivity contribution in [3.05, 3.63) is 23.0 Å². The maximum absolute atomic E-state index is 12.2. The number of allylic oxidation sites excluding steroid dienone is 3. The number of nitrogens with two attached hydrogens (primary N) is 1. The van der Waals surface area contributed by atoms with Gasteiger partial charge in [-0.05, 0) is 62.5 Å². The Kier molecular flexibility index (Phi) is 13.6. The van der Waals surface area contributed by atoms with Gasteiger partial charge in [-0.1, -0.05) is 66.2 Å². The van der Waals surface area contributed by atoms with Crippen LogP contribution in [0.4, 0.5) is 0 Å². The number of nitrogens with zero attached hydrogens (tertiary/aromatic N) is 1. The van der Waals surface area contributed by atoms with E-state index in [2.05, 4.69) is 38.7 Å². The molecule has 0 aromatic rings. The molecule has 1 aliphatic rings. The minimum Gasteiger partial charge on any atom is -0.461 e. The second kappa shape index (κ2) is 15.4. The van der Waals surface area contributed by atoms with Crippen LogP contribution in [-0.4, -0.2) is 30.6 Å². The zero-order valence-electron chi connectivity index (χ0n) is 20.5. The van der Waals surface area contributed by atoms with Crippen LogP contribution in [0.25, 0.3) is 0 Å². The Balaban J connectivity index is 3.10. The predicted molar refractivity (Wildman–Crippen MR) is 128 cm³/mol. The molecular formula is C26H48N2O2. The fourth-order valence-electron chi connectivity index (χ4n) is 4.37. The molecule has 0 saturated heterocycles. The first-order chi connectivity index (χ1) is 14.5. The summed E-state index contributed by atoms with van der Waals surface area (Å²) in [7, 11) is 0. The molecule has 0 aromatic carbocycles. The number of esters is 1. The summed E-state index contributed by atoms with van der Waals surface area (Å²) in [6, 6.07) is 0. The lowest BCUT2D eigenvalue weighted by atomic mass is 9.92. The third kappa shape index (κ3) is 9.14. The van der Waals surface area contributed by atoms with Crippen LogP contribution in [0.15, 0.2) is 23.0 Å². The maximum Gasteiger partial charge on any atom is 0.354 e. The van der Waals surface area contributed by atoms with E-state index in [0.717, 1.165) is 49.8 Å². The van der Waals surface area contributed by atoms with Crippen LogP contribution in [0, 0.1) is 11.8 Å². The smallest absolute Gasteiger partial charge is 0.354 e. The van der Waals surface area contributed by atoms with Gasteiger partial charge in [0.15, 0.2) is 0 Å². The second-order valence-corrected chi connectivity index (χ2v) is 8.89. The number of ether oxygens (including phenoxy) is 1. The van der Waals surface area contributed by atoms with E-state index < -0.39 is 0 Å². The van der Waals surface area contributed by atoms with Crippen LogP contribution >= 0.6 is 0 Å². The molecule has 0 bridgehead atoms. The van der Waals surface area contributed by atoms with Crippen LogP contribution in [0.5, 0.6) is 0 Å². The summed E-state index contributed by atoms with van der Waals surface area (Å²) in [6.07, 6.45) is 15.4. The van der Waals surface area contributed by atoms with Gasteiger partial charge in [-0.3, -0.25) is 0 Å². The number of carbonyl (C=O) groups is 1. The molecule has 2 atom stereocenters. The van der Waals surface area contributed by atoms with Gasteiger partial charge in [-0.15, -0.1) is 0 Å². The fraction of sp³-hybridized carbons (Fsp3) is 0.808. The molecule has 0 fully saturated rings. The van der Waals surface area contributed by atoms with E-state index in [0.29, 0.717) is 12.3 Å². The number of unbranched alkanes of at least 4 members (excludes halogenated alkanes) is 2. The Bertz CT molecular complexity index is 535. The maximum atomic E-state index is 12.2. The second-order valence-electron chi connectivity index (χ2n) is 8.89. The molecule has 0 aromatic heterocycles. The summed E-state index contributed by atoms with van der Waals surface area (Å²) in [4.78, 5) is 14.8. The standard InChI is InChI=1S/C26H48N2O2/c1-6-11-14-21(8-3)19-28(20-22(9-4)15-12-7-2)24-17-13-16-23(18-24)25(27)26(29)30-10-5/h18,21-22H,6-17,19-20,27H2,1-5H3/b25-23+. The van der Waals surface area contributed by atoms with Crippen LogP contribution in [-0.2, 0) is 9.53 Å². The highest BCUT2D eigenvalue weighted by atomic mass is 16.5. The molecule has 30 heavy (non-hydrogen) atoms. The molecule has 1 rings (SSSR count). The molecule has 174 valence electrons. The van der Waals surface area contributed by atoms with Crippen molar-refractivity contribution >= 4 is 5.97 Å². The molecule has 1 aliphatic carbocycles. The van der Waals surface area contributed by atoms with Crippen molar-refractivity contribution in [3.63, 3.8) is 0 Å². The third-order valence-corrected chi connectivity index (χ3v) is 6.51. The third-order valence-electron chi connectivity index (χ3n) is 6.51. The summed E-state index contributed by atoms with van der Waals surface area (Å²) in [6.45, 7) is 13.6. The molecule has 0 heterocycles. The molecule has 2 N–H and O–H groups in total. The monoisotopic (exact) mass is 420 g/mol. The summed E-state index contributed by atoms with van der Waals surface area (Å²) in [5, 5.41) is 0. The van der Waals surface area contributed by atoms with Gasteiger partial charge in [0.05, 0.1) is 6.61 Å². The van der Waals surface area contributed by atoms with E-state index in [1.54, 1.807) is 0 Å². The van der Waals surface area contributed by atoms with Gasteiger partial charge in [-0.2, -0.15) is 0 Å². The highest BCUT2D eigenvalue weighted by Gasteiger charge is 2.23. The van der Waals surface area contributed by atoms with E-state index in [-0.39, 0.29) is 5.97 Å². The van der Waals surface area contributed by atoms with Gasteiger partial charge < -0.3 is 15.4 Å². The van der Waals surface area contributed by atoms with E-state index in [4.69, 9.17) is 10.5 Å². The first-order valence-corrected chi connectivity index (χ1v) is 12.6. The van der Waals surface area contributed by atoms with Crippen LogP contribution in [0.3, 0.4) is 0 Å². The lowest BCUT2D eigenvalue weighted by molar-refractivity contribution is -0.138. The SMILES string of the molecule is CCCCC(CC)CN(CC(CC)CCCC)C1=C/C(=C(/N)C(=O)OCC)CCC1. The van der Waals surface area contributed by atoms with Gasteiger partial charge in [0.2, 0.25) is 0 Å². The number of hydrogen-bond acceptors (Lipinski definition) is 4. The molecule has 0 amide bonds. The summed E-state index contributed by atoms with van der Waals surface area (Å²) < 4.78 is 5.14. The average molecular weight is 421 g/mol. The number of rotatable bonds is 15. The Labute approximate surface area is 186 Å². The summed E-state index contributed by atoms with van der Waals surface area (Å²) >= 11 is 0. The van der Waals surface area contributed by atoms with E-state index in [9.17, 15) is 4.79 Å². The Morgan fingerprint density at radius 2 is 1.57 bits per heavy atom. The van der Waals surface area contributed by atoms with E-state index in [1.807, 2.05) is 6.92 Å². The molecule has 0 saturated carbocycles. The van der Waals surface area contributed by atoms with Crippen LogP contribution in [0.1, 0.15) is 105 Å². The molecule has 2 unspecified atom stereocenters. The van der Waals surface area contributed by atoms with Crippen molar-refractivity contribution in [1.82, 2.24) is 4.90 Å². The number of hydrogen-bond donors (Lipinski definition) is 1. The molecular weight excluding hydrogens is 372 g/mol. The molecule has 0 spiro atoms. The average Bonchev–Trinajstić information content (AvgIpc) is 2.77. The van der Waals surface area contributed by atoms with Crippen LogP contribution in [0.2, 0.25) is 0 Å². The minimum atomic E-state index is -0.375. The first kappa shape index (κ1) is 26.6. The lowest BCUT2D eigenvalue weighted by Gasteiger charge is -2.36. The largest absolute Gasteiger partial charge is 0.461 e. The van der Waals surface area contributed by atoms with Crippen molar-refractivity contribution in [2.75, 3.05) is 19.7 Å². The highest BCUT2D eigenvalue weighted by Crippen LogP contribution is 2.30. The Hall–Kier alpha value is -1.45. The normalized spacial score (nSPS) is 17.8. The van der Waals surface area contributed by atoms with Crippen molar-refractivity contribution in [1.29, 1.82) is 0 Å². The molecule has 4 nitrogen and oxygen atoms in total. The van der Waals surface area contributed by atoms with E-state index in [1.165, 1.54) is 57.1 Å². The lowest BCUT2D eigenvalue weighted by Crippen LogP contribution is -2.34. The van der Waals surface area contributed by atoms with E-state index >= 15 is 0 Å². The zero-order chi connectivity index (χ0) is 22.4. The van der Waals surface area contributed by atoms with Gasteiger partial charge >= 0.3 is 5.97 Å². The summed E-state index contributed by atoms with van der Waals surface area (Å²) in [5.74, 6) is 1.08. The topological polar surface area (TPSA) is 55.6 Å². The molecule has 0 aliphatic heterocycles.